The molecular weight excluding hydrogens is 266 g/mol. The first-order valence-electron chi connectivity index (χ1n) is 5.84. The number of hydrogen-bond acceptors (Lipinski definition) is 4. The molecule has 7 heteroatoms. The molecule has 0 aromatic carbocycles. The minimum absolute atomic E-state index is 0.326. The Kier molecular flexibility index (Phi) is 4.52. The van der Waals surface area contributed by atoms with Crippen molar-refractivity contribution < 1.29 is 14.7 Å². The molecule has 0 aliphatic heterocycles. The number of carbonyl (C=O) groups excluding carboxylic acids is 1. The maximum absolute atomic E-state index is 11.8. The highest BCUT2D eigenvalue weighted by molar-refractivity contribution is 7.09. The molecule has 2 amide bonds. The summed E-state index contributed by atoms with van der Waals surface area (Å²) in [4.78, 5) is 27.0. The summed E-state index contributed by atoms with van der Waals surface area (Å²) in [5, 5.41) is 17.2. The number of aliphatic carboxylic acids is 1. The fourth-order valence-electron chi connectivity index (χ4n) is 1.25. The van der Waals surface area contributed by atoms with Crippen LogP contribution < -0.4 is 10.6 Å². The summed E-state index contributed by atoms with van der Waals surface area (Å²) < 4.78 is 0. The summed E-state index contributed by atoms with van der Waals surface area (Å²) in [7, 11) is 0. The van der Waals surface area contributed by atoms with E-state index in [0.717, 1.165) is 5.01 Å². The topological polar surface area (TPSA) is 91.3 Å². The number of thiazole rings is 1. The second-order valence-electron chi connectivity index (χ2n) is 5.29. The minimum atomic E-state index is -1.08. The van der Waals surface area contributed by atoms with Gasteiger partial charge in [-0.15, -0.1) is 11.3 Å². The van der Waals surface area contributed by atoms with Gasteiger partial charge in [-0.25, -0.2) is 9.78 Å². The van der Waals surface area contributed by atoms with E-state index in [-0.39, 0.29) is 0 Å². The SMILES string of the molecule is CC(C)(NC(=O)NCc1nccs1)C(C)(C)C(=O)O. The molecule has 0 spiro atoms. The van der Waals surface area contributed by atoms with E-state index in [1.807, 2.05) is 5.38 Å². The third-order valence-corrected chi connectivity index (χ3v) is 4.19. The van der Waals surface area contributed by atoms with Crippen LogP contribution in [0.25, 0.3) is 0 Å². The minimum Gasteiger partial charge on any atom is -0.481 e. The van der Waals surface area contributed by atoms with E-state index in [4.69, 9.17) is 0 Å². The average Bonchev–Trinajstić information content (AvgIpc) is 2.78. The van der Waals surface area contributed by atoms with Crippen LogP contribution in [0.5, 0.6) is 0 Å². The molecule has 19 heavy (non-hydrogen) atoms. The van der Waals surface area contributed by atoms with Crippen molar-refractivity contribution in [1.82, 2.24) is 15.6 Å². The molecule has 3 N–H and O–H groups in total. The molecule has 1 aromatic heterocycles. The Bertz CT molecular complexity index is 455. The largest absolute Gasteiger partial charge is 0.481 e. The van der Waals surface area contributed by atoms with Gasteiger partial charge in [-0.2, -0.15) is 0 Å². The Hall–Kier alpha value is -1.63. The molecule has 0 aliphatic rings. The van der Waals surface area contributed by atoms with Crippen molar-refractivity contribution in [3.05, 3.63) is 16.6 Å². The lowest BCUT2D eigenvalue weighted by Gasteiger charge is -2.38. The van der Waals surface area contributed by atoms with Crippen molar-refractivity contribution in [2.75, 3.05) is 0 Å². The average molecular weight is 285 g/mol. The number of nitrogens with one attached hydrogen (secondary N) is 2. The zero-order chi connectivity index (χ0) is 14.7. The second kappa shape index (κ2) is 5.56. The van der Waals surface area contributed by atoms with Crippen LogP contribution in [0.1, 0.15) is 32.7 Å². The predicted octanol–water partition coefficient (Wildman–Crippen LogP) is 1.83. The molecule has 1 heterocycles. The van der Waals surface area contributed by atoms with Crippen molar-refractivity contribution >= 4 is 23.3 Å². The van der Waals surface area contributed by atoms with Crippen molar-refractivity contribution in [1.29, 1.82) is 0 Å². The Labute approximate surface area is 116 Å². The van der Waals surface area contributed by atoms with Crippen LogP contribution in [0.2, 0.25) is 0 Å². The number of nitrogens with zero attached hydrogens (tertiary/aromatic N) is 1. The lowest BCUT2D eigenvalue weighted by Crippen LogP contribution is -2.58. The fourth-order valence-corrected chi connectivity index (χ4v) is 1.80. The molecule has 0 bridgehead atoms. The molecule has 0 saturated heterocycles. The Morgan fingerprint density at radius 3 is 2.47 bits per heavy atom. The Balaban J connectivity index is 2.58. The van der Waals surface area contributed by atoms with Crippen LogP contribution in [0.15, 0.2) is 11.6 Å². The summed E-state index contributed by atoms with van der Waals surface area (Å²) in [6.07, 6.45) is 1.66. The first-order valence-corrected chi connectivity index (χ1v) is 6.72. The first-order chi connectivity index (χ1) is 8.67. The van der Waals surface area contributed by atoms with Gasteiger partial charge in [0.25, 0.3) is 0 Å². The summed E-state index contributed by atoms with van der Waals surface area (Å²) in [6, 6.07) is -0.408. The van der Waals surface area contributed by atoms with Gasteiger partial charge in [0.15, 0.2) is 0 Å². The smallest absolute Gasteiger partial charge is 0.315 e. The van der Waals surface area contributed by atoms with Crippen molar-refractivity contribution in [3.63, 3.8) is 0 Å². The van der Waals surface area contributed by atoms with Gasteiger partial charge in [0.2, 0.25) is 0 Å². The van der Waals surface area contributed by atoms with Gasteiger partial charge < -0.3 is 15.7 Å². The van der Waals surface area contributed by atoms with Gasteiger partial charge in [-0.1, -0.05) is 0 Å². The molecule has 1 rings (SSSR count). The zero-order valence-corrected chi connectivity index (χ0v) is 12.3. The molecule has 0 fully saturated rings. The lowest BCUT2D eigenvalue weighted by atomic mass is 9.74. The highest BCUT2D eigenvalue weighted by Gasteiger charge is 2.44. The molecule has 0 saturated carbocycles. The quantitative estimate of drug-likeness (QED) is 0.769. The van der Waals surface area contributed by atoms with Crippen LogP contribution in [0, 0.1) is 5.41 Å². The van der Waals surface area contributed by atoms with Crippen LogP contribution in [-0.2, 0) is 11.3 Å². The number of urea groups is 1. The fraction of sp³-hybridized carbons (Fsp3) is 0.583. The highest BCUT2D eigenvalue weighted by Crippen LogP contribution is 2.30. The molecule has 1 aromatic rings. The van der Waals surface area contributed by atoms with Crippen LogP contribution in [-0.4, -0.2) is 27.6 Å². The molecule has 0 aliphatic carbocycles. The summed E-state index contributed by atoms with van der Waals surface area (Å²) in [6.45, 7) is 6.86. The number of rotatable bonds is 5. The summed E-state index contributed by atoms with van der Waals surface area (Å²) in [5.74, 6) is -0.960. The number of carboxylic acid groups (broad SMARTS) is 1. The maximum Gasteiger partial charge on any atom is 0.315 e. The first kappa shape index (κ1) is 15.4. The second-order valence-corrected chi connectivity index (χ2v) is 6.27. The number of amides is 2. The van der Waals surface area contributed by atoms with Crippen molar-refractivity contribution in [3.8, 4) is 0 Å². The molecule has 0 atom stereocenters. The van der Waals surface area contributed by atoms with E-state index in [0.29, 0.717) is 6.54 Å². The summed E-state index contributed by atoms with van der Waals surface area (Å²) in [5.41, 5.74) is -1.96. The number of carbonyl (C=O) groups is 2. The predicted molar refractivity (Wildman–Crippen MR) is 73.0 cm³/mol. The van der Waals surface area contributed by atoms with Crippen LogP contribution >= 0.6 is 11.3 Å². The van der Waals surface area contributed by atoms with Crippen LogP contribution in [0.3, 0.4) is 0 Å². The summed E-state index contributed by atoms with van der Waals surface area (Å²) >= 11 is 1.45. The van der Waals surface area contributed by atoms with Crippen LogP contribution in [0.4, 0.5) is 4.79 Å². The molecule has 0 unspecified atom stereocenters. The third-order valence-electron chi connectivity index (χ3n) is 3.41. The number of aromatic nitrogens is 1. The van der Waals surface area contributed by atoms with E-state index in [1.54, 1.807) is 33.9 Å². The van der Waals surface area contributed by atoms with Gasteiger partial charge in [-0.05, 0) is 27.7 Å². The van der Waals surface area contributed by atoms with E-state index in [9.17, 15) is 14.7 Å². The highest BCUT2D eigenvalue weighted by atomic mass is 32.1. The maximum atomic E-state index is 11.8. The standard InChI is InChI=1S/C12H19N3O3S/c1-11(2,9(16)17)12(3,4)15-10(18)14-7-8-13-5-6-19-8/h5-6H,7H2,1-4H3,(H,16,17)(H2,14,15,18). The van der Waals surface area contributed by atoms with Crippen molar-refractivity contribution in [2.45, 2.75) is 39.8 Å². The Morgan fingerprint density at radius 1 is 1.37 bits per heavy atom. The van der Waals surface area contributed by atoms with Gasteiger partial charge in [0, 0.05) is 11.6 Å². The molecule has 6 nitrogen and oxygen atoms in total. The van der Waals surface area contributed by atoms with Gasteiger partial charge in [0.05, 0.1) is 17.5 Å². The third kappa shape index (κ3) is 3.66. The molecular formula is C12H19N3O3S. The number of carboxylic acids is 1. The van der Waals surface area contributed by atoms with E-state index in [1.165, 1.54) is 11.3 Å². The normalized spacial score (nSPS) is 12.0. The molecule has 0 radical (unpaired) electrons. The molecule has 106 valence electrons. The zero-order valence-electron chi connectivity index (χ0n) is 11.5. The number of hydrogen-bond donors (Lipinski definition) is 3. The van der Waals surface area contributed by atoms with Gasteiger partial charge in [-0.3, -0.25) is 4.79 Å². The van der Waals surface area contributed by atoms with E-state index in [2.05, 4.69) is 15.6 Å². The Morgan fingerprint density at radius 2 is 2.00 bits per heavy atom. The van der Waals surface area contributed by atoms with Gasteiger partial charge >= 0.3 is 12.0 Å². The van der Waals surface area contributed by atoms with Gasteiger partial charge in [0.1, 0.15) is 5.01 Å². The van der Waals surface area contributed by atoms with Crippen molar-refractivity contribution in [2.24, 2.45) is 5.41 Å². The van der Waals surface area contributed by atoms with E-state index >= 15 is 0 Å². The monoisotopic (exact) mass is 285 g/mol. The lowest BCUT2D eigenvalue weighted by molar-refractivity contribution is -0.150. The van der Waals surface area contributed by atoms with E-state index < -0.39 is 23.0 Å².